The molecule has 0 spiro atoms. The fraction of sp³-hybridized carbons (Fsp3) is 0.0833. The van der Waals surface area contributed by atoms with E-state index in [9.17, 15) is 5.21 Å². The van der Waals surface area contributed by atoms with E-state index in [4.69, 9.17) is 9.47 Å². The van der Waals surface area contributed by atoms with E-state index in [0.29, 0.717) is 25.3 Å². The Bertz CT molecular complexity index is 558. The fourth-order valence-corrected chi connectivity index (χ4v) is 2.35. The number of methoxy groups -OCH3 is 1. The number of nitrogens with zero attached hydrogens (tertiary/aromatic N) is 1. The van der Waals surface area contributed by atoms with Gasteiger partial charge in [0, 0.05) is 22.0 Å². The van der Waals surface area contributed by atoms with Gasteiger partial charge in [-0.3, -0.25) is 0 Å². The van der Waals surface area contributed by atoms with Crippen molar-refractivity contribution in [1.29, 1.82) is 0 Å². The lowest BCUT2D eigenvalue weighted by Gasteiger charge is -2.08. The zero-order chi connectivity index (χ0) is 13.1. The number of benzene rings is 1. The summed E-state index contributed by atoms with van der Waals surface area (Å²) >= 11 is 6.47. The predicted molar refractivity (Wildman–Crippen MR) is 73.9 cm³/mol. The van der Waals surface area contributed by atoms with Gasteiger partial charge in [-0.1, -0.05) is 0 Å². The Morgan fingerprint density at radius 1 is 1.11 bits per heavy atom. The first kappa shape index (κ1) is 13.2. The first-order chi connectivity index (χ1) is 8.60. The molecule has 4 nitrogen and oxygen atoms in total. The molecule has 0 saturated carbocycles. The number of ether oxygens (including phenoxy) is 2. The Morgan fingerprint density at radius 2 is 1.72 bits per heavy atom. The third-order valence-corrected chi connectivity index (χ3v) is 3.41. The standard InChI is InChI=1S/C12H9Br2NO3/c1-17-8-2-4-9(5-3-8)18-11-7-15(16)12(14)6-10(11)13/h2-7H,1H3. The van der Waals surface area contributed by atoms with Crippen LogP contribution in [0.15, 0.2) is 45.6 Å². The minimum Gasteiger partial charge on any atom is -0.618 e. The summed E-state index contributed by atoms with van der Waals surface area (Å²) in [5.41, 5.74) is 0. The molecule has 1 heterocycles. The summed E-state index contributed by atoms with van der Waals surface area (Å²) in [4.78, 5) is 0. The van der Waals surface area contributed by atoms with Crippen molar-refractivity contribution in [3.8, 4) is 17.2 Å². The molecule has 0 aliphatic rings. The molecule has 0 bridgehead atoms. The van der Waals surface area contributed by atoms with Gasteiger partial charge in [-0.25, -0.2) is 0 Å². The second-order valence-electron chi connectivity index (χ2n) is 3.41. The Hall–Kier alpha value is -1.27. The SMILES string of the molecule is COc1ccc(Oc2c[n+]([O-])c(Br)cc2Br)cc1. The fourth-order valence-electron chi connectivity index (χ4n) is 1.31. The Labute approximate surface area is 121 Å². The van der Waals surface area contributed by atoms with Crippen LogP contribution in [0.4, 0.5) is 0 Å². The van der Waals surface area contributed by atoms with Crippen LogP contribution < -0.4 is 14.2 Å². The highest BCUT2D eigenvalue weighted by molar-refractivity contribution is 9.11. The molecule has 0 unspecified atom stereocenters. The maximum atomic E-state index is 11.4. The molecule has 94 valence electrons. The van der Waals surface area contributed by atoms with Crippen LogP contribution in [-0.4, -0.2) is 7.11 Å². The van der Waals surface area contributed by atoms with E-state index in [1.54, 1.807) is 37.4 Å². The highest BCUT2D eigenvalue weighted by Crippen LogP contribution is 2.30. The van der Waals surface area contributed by atoms with Crippen molar-refractivity contribution < 1.29 is 14.2 Å². The van der Waals surface area contributed by atoms with Crippen LogP contribution in [0.25, 0.3) is 0 Å². The van der Waals surface area contributed by atoms with E-state index >= 15 is 0 Å². The number of halogens is 2. The molecule has 2 rings (SSSR count). The van der Waals surface area contributed by atoms with Gasteiger partial charge in [-0.2, -0.15) is 4.73 Å². The second kappa shape index (κ2) is 5.58. The minimum atomic E-state index is 0.413. The Morgan fingerprint density at radius 3 is 2.33 bits per heavy atom. The Balaban J connectivity index is 2.25. The van der Waals surface area contributed by atoms with Crippen molar-refractivity contribution in [3.63, 3.8) is 0 Å². The van der Waals surface area contributed by atoms with Crippen LogP contribution >= 0.6 is 31.9 Å². The molecule has 0 saturated heterocycles. The third-order valence-electron chi connectivity index (χ3n) is 2.21. The van der Waals surface area contributed by atoms with E-state index in [2.05, 4.69) is 31.9 Å². The number of pyridine rings is 1. The second-order valence-corrected chi connectivity index (χ2v) is 5.08. The Kier molecular flexibility index (Phi) is 4.08. The highest BCUT2D eigenvalue weighted by Gasteiger charge is 2.11. The summed E-state index contributed by atoms with van der Waals surface area (Å²) in [7, 11) is 1.60. The van der Waals surface area contributed by atoms with Crippen molar-refractivity contribution in [3.05, 3.63) is 50.8 Å². The van der Waals surface area contributed by atoms with Crippen LogP contribution in [0.3, 0.4) is 0 Å². The molecular weight excluding hydrogens is 366 g/mol. The third kappa shape index (κ3) is 2.94. The van der Waals surface area contributed by atoms with Crippen molar-refractivity contribution in [2.45, 2.75) is 0 Å². The maximum absolute atomic E-state index is 11.4. The van der Waals surface area contributed by atoms with Gasteiger partial charge in [0.2, 0.25) is 11.9 Å². The van der Waals surface area contributed by atoms with Crippen molar-refractivity contribution >= 4 is 31.9 Å². The molecule has 6 heteroatoms. The highest BCUT2D eigenvalue weighted by atomic mass is 79.9. The van der Waals surface area contributed by atoms with Gasteiger partial charge in [0.1, 0.15) is 11.5 Å². The molecule has 1 aromatic carbocycles. The monoisotopic (exact) mass is 373 g/mol. The average molecular weight is 375 g/mol. The summed E-state index contributed by atoms with van der Waals surface area (Å²) in [6.07, 6.45) is 1.35. The number of hydrogen-bond donors (Lipinski definition) is 0. The molecule has 0 atom stereocenters. The summed E-state index contributed by atoms with van der Waals surface area (Å²) in [6, 6.07) is 8.73. The molecular formula is C12H9Br2NO3. The maximum Gasteiger partial charge on any atom is 0.260 e. The summed E-state index contributed by atoms with van der Waals surface area (Å²) in [5.74, 6) is 1.81. The number of rotatable bonds is 3. The van der Waals surface area contributed by atoms with Crippen molar-refractivity contribution in [2.24, 2.45) is 0 Å². The van der Waals surface area contributed by atoms with E-state index in [1.165, 1.54) is 6.20 Å². The molecule has 0 aliphatic heterocycles. The predicted octanol–water partition coefficient (Wildman–Crippen LogP) is 3.65. The minimum absolute atomic E-state index is 0.413. The van der Waals surface area contributed by atoms with Crippen LogP contribution in [0.5, 0.6) is 17.2 Å². The van der Waals surface area contributed by atoms with Crippen LogP contribution in [0.2, 0.25) is 0 Å². The first-order valence-corrected chi connectivity index (χ1v) is 6.59. The van der Waals surface area contributed by atoms with Gasteiger partial charge < -0.3 is 14.7 Å². The van der Waals surface area contributed by atoms with Crippen molar-refractivity contribution in [2.75, 3.05) is 7.11 Å². The van der Waals surface area contributed by atoms with Gasteiger partial charge in [0.05, 0.1) is 11.6 Å². The van der Waals surface area contributed by atoms with Crippen LogP contribution in [0.1, 0.15) is 0 Å². The first-order valence-electron chi connectivity index (χ1n) is 5.00. The van der Waals surface area contributed by atoms with Gasteiger partial charge >= 0.3 is 0 Å². The molecule has 0 radical (unpaired) electrons. The largest absolute Gasteiger partial charge is 0.618 e. The van der Waals surface area contributed by atoms with Gasteiger partial charge in [0.25, 0.3) is 4.60 Å². The summed E-state index contributed by atoms with van der Waals surface area (Å²) in [6.45, 7) is 0. The molecule has 2 aromatic rings. The molecule has 18 heavy (non-hydrogen) atoms. The number of aromatic nitrogens is 1. The van der Waals surface area contributed by atoms with E-state index in [0.717, 1.165) is 5.75 Å². The number of hydrogen-bond acceptors (Lipinski definition) is 3. The zero-order valence-corrected chi connectivity index (χ0v) is 12.6. The smallest absolute Gasteiger partial charge is 0.260 e. The van der Waals surface area contributed by atoms with E-state index < -0.39 is 0 Å². The van der Waals surface area contributed by atoms with Gasteiger partial charge in [-0.15, -0.1) is 0 Å². The lowest BCUT2D eigenvalue weighted by atomic mass is 10.3. The van der Waals surface area contributed by atoms with Crippen LogP contribution in [0, 0.1) is 5.21 Å². The normalized spacial score (nSPS) is 10.2. The molecule has 0 amide bonds. The van der Waals surface area contributed by atoms with E-state index in [1.807, 2.05) is 0 Å². The van der Waals surface area contributed by atoms with Gasteiger partial charge in [-0.05, 0) is 40.2 Å². The zero-order valence-electron chi connectivity index (χ0n) is 9.39. The topological polar surface area (TPSA) is 45.4 Å². The van der Waals surface area contributed by atoms with Crippen LogP contribution in [-0.2, 0) is 0 Å². The van der Waals surface area contributed by atoms with Gasteiger partial charge in [0.15, 0.2) is 0 Å². The lowest BCUT2D eigenvalue weighted by molar-refractivity contribution is -0.617. The quantitative estimate of drug-likeness (QED) is 0.468. The molecule has 0 fully saturated rings. The molecule has 0 aliphatic carbocycles. The summed E-state index contributed by atoms with van der Waals surface area (Å²) in [5, 5.41) is 11.4. The summed E-state index contributed by atoms with van der Waals surface area (Å²) < 4.78 is 12.4. The average Bonchev–Trinajstić information content (AvgIpc) is 2.37. The lowest BCUT2D eigenvalue weighted by Crippen LogP contribution is -2.27. The molecule has 0 N–H and O–H groups in total. The molecule has 1 aromatic heterocycles. The van der Waals surface area contributed by atoms with E-state index in [-0.39, 0.29) is 0 Å². The van der Waals surface area contributed by atoms with Crippen molar-refractivity contribution in [1.82, 2.24) is 0 Å².